The third kappa shape index (κ3) is 4.25. The molecule has 0 radical (unpaired) electrons. The Labute approximate surface area is 146 Å². The first-order valence-electron chi connectivity index (χ1n) is 8.20. The summed E-state index contributed by atoms with van der Waals surface area (Å²) in [5.74, 6) is 0.984. The van der Waals surface area contributed by atoms with E-state index in [1.807, 2.05) is 31.2 Å². The van der Waals surface area contributed by atoms with Gasteiger partial charge in [0.1, 0.15) is 0 Å². The first-order valence-corrected chi connectivity index (χ1v) is 10.0. The Hall–Kier alpha value is -2.22. The first kappa shape index (κ1) is 17.6. The van der Waals surface area contributed by atoms with Crippen LogP contribution in [0.1, 0.15) is 24.3 Å². The average molecular weight is 363 g/mol. The van der Waals surface area contributed by atoms with E-state index in [1.54, 1.807) is 7.05 Å². The van der Waals surface area contributed by atoms with Crippen molar-refractivity contribution in [2.45, 2.75) is 32.2 Å². The number of hydrogen-bond acceptors (Lipinski definition) is 6. The minimum absolute atomic E-state index is 0.0490. The van der Waals surface area contributed by atoms with Gasteiger partial charge < -0.3 is 9.42 Å². The van der Waals surface area contributed by atoms with Crippen LogP contribution >= 0.6 is 0 Å². The predicted octanol–water partition coefficient (Wildman–Crippen LogP) is 1.62. The maximum absolute atomic E-state index is 12.3. The largest absolute Gasteiger partial charge is 0.342 e. The number of hydrogen-bond donors (Lipinski definition) is 0. The van der Waals surface area contributed by atoms with E-state index in [1.165, 1.54) is 4.90 Å². The summed E-state index contributed by atoms with van der Waals surface area (Å²) in [5, 5.41) is 3.95. The van der Waals surface area contributed by atoms with Crippen LogP contribution in [0.2, 0.25) is 0 Å². The molecule has 2 aromatic rings. The van der Waals surface area contributed by atoms with Gasteiger partial charge >= 0.3 is 0 Å². The van der Waals surface area contributed by atoms with Gasteiger partial charge in [0.15, 0.2) is 9.84 Å². The third-order valence-electron chi connectivity index (χ3n) is 4.48. The number of aryl methyl sites for hydroxylation is 2. The van der Waals surface area contributed by atoms with E-state index in [0.29, 0.717) is 24.6 Å². The average Bonchev–Trinajstić information content (AvgIpc) is 3.19. The zero-order chi connectivity index (χ0) is 18.0. The van der Waals surface area contributed by atoms with Gasteiger partial charge in [0.05, 0.1) is 11.5 Å². The Morgan fingerprint density at radius 2 is 2.04 bits per heavy atom. The lowest BCUT2D eigenvalue weighted by molar-refractivity contribution is -0.131. The van der Waals surface area contributed by atoms with Gasteiger partial charge in [0, 0.05) is 31.5 Å². The van der Waals surface area contributed by atoms with Gasteiger partial charge in [0.25, 0.3) is 0 Å². The number of carbonyl (C=O) groups is 1. The molecule has 1 saturated heterocycles. The Morgan fingerprint density at radius 3 is 2.68 bits per heavy atom. The van der Waals surface area contributed by atoms with Crippen LogP contribution in [0, 0.1) is 6.92 Å². The zero-order valence-corrected chi connectivity index (χ0v) is 15.1. The van der Waals surface area contributed by atoms with Crippen molar-refractivity contribution in [1.82, 2.24) is 15.0 Å². The minimum Gasteiger partial charge on any atom is -0.342 e. The standard InChI is InChI=1S/C17H21N3O4S/c1-12-3-5-13(6-4-12)17-18-15(24-19-17)7-8-16(21)20(2)14-9-10-25(22,23)11-14/h3-6,14H,7-11H2,1-2H3/t14-/m0/s1. The summed E-state index contributed by atoms with van der Waals surface area (Å²) in [6, 6.07) is 7.55. The molecule has 0 spiro atoms. The van der Waals surface area contributed by atoms with Crippen LogP contribution in [0.25, 0.3) is 11.4 Å². The molecule has 7 nitrogen and oxygen atoms in total. The summed E-state index contributed by atoms with van der Waals surface area (Å²) in [4.78, 5) is 18.1. The van der Waals surface area contributed by atoms with Gasteiger partial charge in [-0.1, -0.05) is 35.0 Å². The SMILES string of the molecule is Cc1ccc(-c2noc(CCC(=O)N(C)[C@H]3CCS(=O)(=O)C3)n2)cc1. The Morgan fingerprint density at radius 1 is 1.32 bits per heavy atom. The molecule has 0 saturated carbocycles. The van der Waals surface area contributed by atoms with Crippen LogP contribution in [-0.4, -0.2) is 54.0 Å². The van der Waals surface area contributed by atoms with Crippen LogP contribution in [0.5, 0.6) is 0 Å². The molecule has 3 rings (SSSR count). The molecule has 1 fully saturated rings. The highest BCUT2D eigenvalue weighted by atomic mass is 32.2. The summed E-state index contributed by atoms with van der Waals surface area (Å²) in [7, 11) is -1.35. The summed E-state index contributed by atoms with van der Waals surface area (Å²) in [5.41, 5.74) is 2.01. The fourth-order valence-corrected chi connectivity index (χ4v) is 4.63. The van der Waals surface area contributed by atoms with Gasteiger partial charge in [0.2, 0.25) is 17.6 Å². The quantitative estimate of drug-likeness (QED) is 0.801. The van der Waals surface area contributed by atoms with E-state index in [2.05, 4.69) is 10.1 Å². The second-order valence-electron chi connectivity index (χ2n) is 6.44. The van der Waals surface area contributed by atoms with Crippen LogP contribution in [-0.2, 0) is 21.1 Å². The van der Waals surface area contributed by atoms with E-state index in [4.69, 9.17) is 4.52 Å². The van der Waals surface area contributed by atoms with Crippen LogP contribution in [0.4, 0.5) is 0 Å². The van der Waals surface area contributed by atoms with Crippen LogP contribution in [0.15, 0.2) is 28.8 Å². The lowest BCUT2D eigenvalue weighted by atomic mass is 10.1. The molecule has 1 aromatic carbocycles. The van der Waals surface area contributed by atoms with Gasteiger partial charge in [-0.2, -0.15) is 4.98 Å². The van der Waals surface area contributed by atoms with Gasteiger partial charge in [-0.05, 0) is 13.3 Å². The maximum Gasteiger partial charge on any atom is 0.227 e. The summed E-state index contributed by atoms with van der Waals surface area (Å²) in [6.45, 7) is 2.00. The molecule has 1 aromatic heterocycles. The fraction of sp³-hybridized carbons (Fsp3) is 0.471. The van der Waals surface area contributed by atoms with Crippen molar-refractivity contribution in [3.8, 4) is 11.4 Å². The molecular formula is C17H21N3O4S. The summed E-state index contributed by atoms with van der Waals surface area (Å²) < 4.78 is 28.3. The van der Waals surface area contributed by atoms with Crippen molar-refractivity contribution < 1.29 is 17.7 Å². The molecule has 1 aliphatic heterocycles. The molecule has 0 unspecified atom stereocenters. The molecule has 25 heavy (non-hydrogen) atoms. The second-order valence-corrected chi connectivity index (χ2v) is 8.67. The molecule has 0 bridgehead atoms. The van der Waals surface area contributed by atoms with Crippen molar-refractivity contribution in [3.05, 3.63) is 35.7 Å². The van der Waals surface area contributed by atoms with E-state index < -0.39 is 9.84 Å². The minimum atomic E-state index is -3.01. The fourth-order valence-electron chi connectivity index (χ4n) is 2.85. The topological polar surface area (TPSA) is 93.4 Å². The number of benzene rings is 1. The molecular weight excluding hydrogens is 342 g/mol. The molecule has 0 N–H and O–H groups in total. The lowest BCUT2D eigenvalue weighted by Gasteiger charge is -2.23. The lowest BCUT2D eigenvalue weighted by Crippen LogP contribution is -2.37. The van der Waals surface area contributed by atoms with Crippen LogP contribution in [0.3, 0.4) is 0 Å². The molecule has 1 aliphatic rings. The highest BCUT2D eigenvalue weighted by molar-refractivity contribution is 7.91. The highest BCUT2D eigenvalue weighted by Gasteiger charge is 2.32. The molecule has 2 heterocycles. The third-order valence-corrected chi connectivity index (χ3v) is 6.23. The number of nitrogens with zero attached hydrogens (tertiary/aromatic N) is 3. The number of sulfone groups is 1. The first-order chi connectivity index (χ1) is 11.8. The molecule has 1 amide bonds. The van der Waals surface area contributed by atoms with Gasteiger partial charge in [-0.3, -0.25) is 4.79 Å². The normalized spacial score (nSPS) is 19.0. The molecule has 1 atom stereocenters. The van der Waals surface area contributed by atoms with E-state index in [0.717, 1.165) is 11.1 Å². The predicted molar refractivity (Wildman–Crippen MR) is 92.6 cm³/mol. The van der Waals surface area contributed by atoms with Crippen molar-refractivity contribution in [3.63, 3.8) is 0 Å². The zero-order valence-electron chi connectivity index (χ0n) is 14.3. The molecule has 0 aliphatic carbocycles. The van der Waals surface area contributed by atoms with Crippen LogP contribution < -0.4 is 0 Å². The Balaban J connectivity index is 1.57. The second kappa shape index (κ2) is 6.95. The number of aromatic nitrogens is 2. The van der Waals surface area contributed by atoms with Crippen molar-refractivity contribution in [2.24, 2.45) is 0 Å². The smallest absolute Gasteiger partial charge is 0.227 e. The Kier molecular flexibility index (Phi) is 4.89. The van der Waals surface area contributed by atoms with Crippen molar-refractivity contribution >= 4 is 15.7 Å². The maximum atomic E-state index is 12.3. The number of rotatable bonds is 5. The summed E-state index contributed by atoms with van der Waals surface area (Å²) >= 11 is 0. The number of carbonyl (C=O) groups excluding carboxylic acids is 1. The van der Waals surface area contributed by atoms with Crippen molar-refractivity contribution in [2.75, 3.05) is 18.6 Å². The highest BCUT2D eigenvalue weighted by Crippen LogP contribution is 2.19. The van der Waals surface area contributed by atoms with Crippen molar-refractivity contribution in [1.29, 1.82) is 0 Å². The number of amides is 1. The van der Waals surface area contributed by atoms with E-state index >= 15 is 0 Å². The van der Waals surface area contributed by atoms with Gasteiger partial charge in [-0.25, -0.2) is 8.42 Å². The molecule has 134 valence electrons. The summed E-state index contributed by atoms with van der Waals surface area (Å²) in [6.07, 6.45) is 1.05. The monoisotopic (exact) mass is 363 g/mol. The van der Waals surface area contributed by atoms with E-state index in [-0.39, 0.29) is 29.9 Å². The Bertz CT molecular complexity index is 858. The molecule has 8 heteroatoms. The van der Waals surface area contributed by atoms with E-state index in [9.17, 15) is 13.2 Å². The van der Waals surface area contributed by atoms with Gasteiger partial charge in [-0.15, -0.1) is 0 Å².